The lowest BCUT2D eigenvalue weighted by molar-refractivity contribution is 0.0898. The first-order valence-corrected chi connectivity index (χ1v) is 9.21. The van der Waals surface area contributed by atoms with Crippen molar-refractivity contribution in [3.8, 4) is 0 Å². The molecule has 1 fully saturated rings. The fourth-order valence-corrected chi connectivity index (χ4v) is 4.07. The lowest BCUT2D eigenvalue weighted by Gasteiger charge is -2.42. The van der Waals surface area contributed by atoms with E-state index in [1.54, 1.807) is 0 Å². The standard InChI is InChI=1S/C21H36N2/c1-18(2)23-15-13-21(5,17-23)16-20(3,4)22(6)14-12-19-10-8-7-9-11-19/h7-11,18H,12-17H2,1-6H3. The van der Waals surface area contributed by atoms with Crippen LogP contribution in [0.25, 0.3) is 0 Å². The molecule has 2 rings (SSSR count). The van der Waals surface area contributed by atoms with Crippen LogP contribution < -0.4 is 0 Å². The zero-order valence-corrected chi connectivity index (χ0v) is 16.1. The lowest BCUT2D eigenvalue weighted by atomic mass is 9.77. The highest BCUT2D eigenvalue weighted by molar-refractivity contribution is 5.15. The smallest absolute Gasteiger partial charge is 0.0156 e. The van der Waals surface area contributed by atoms with Crippen LogP contribution >= 0.6 is 0 Å². The first kappa shape index (κ1) is 18.5. The Hall–Kier alpha value is -0.860. The van der Waals surface area contributed by atoms with E-state index in [0.717, 1.165) is 13.0 Å². The zero-order chi connectivity index (χ0) is 17.1. The molecule has 0 saturated carbocycles. The molecule has 1 aliphatic heterocycles. The van der Waals surface area contributed by atoms with Gasteiger partial charge in [0.2, 0.25) is 0 Å². The molecule has 23 heavy (non-hydrogen) atoms. The highest BCUT2D eigenvalue weighted by Gasteiger charge is 2.40. The van der Waals surface area contributed by atoms with Gasteiger partial charge in [-0.15, -0.1) is 0 Å². The Morgan fingerprint density at radius 1 is 1.22 bits per heavy atom. The van der Waals surface area contributed by atoms with Gasteiger partial charge in [0.25, 0.3) is 0 Å². The molecule has 0 spiro atoms. The minimum atomic E-state index is 0.247. The molecule has 1 aliphatic rings. The van der Waals surface area contributed by atoms with E-state index < -0.39 is 0 Å². The van der Waals surface area contributed by atoms with Crippen LogP contribution in [0.1, 0.15) is 53.0 Å². The lowest BCUT2D eigenvalue weighted by Crippen LogP contribution is -2.46. The fourth-order valence-electron chi connectivity index (χ4n) is 4.07. The molecule has 0 aliphatic carbocycles. The quantitative estimate of drug-likeness (QED) is 0.733. The van der Waals surface area contributed by atoms with Crippen molar-refractivity contribution in [3.05, 3.63) is 35.9 Å². The Morgan fingerprint density at radius 2 is 1.87 bits per heavy atom. The van der Waals surface area contributed by atoms with Crippen molar-refractivity contribution in [2.75, 3.05) is 26.7 Å². The number of benzene rings is 1. The summed E-state index contributed by atoms with van der Waals surface area (Å²) in [6.07, 6.45) is 3.74. The van der Waals surface area contributed by atoms with Crippen molar-refractivity contribution in [3.63, 3.8) is 0 Å². The van der Waals surface area contributed by atoms with Crippen molar-refractivity contribution in [1.82, 2.24) is 9.80 Å². The van der Waals surface area contributed by atoms with Gasteiger partial charge in [0, 0.05) is 24.7 Å². The topological polar surface area (TPSA) is 6.48 Å². The predicted octanol–water partition coefficient (Wildman–Crippen LogP) is 4.45. The van der Waals surface area contributed by atoms with Crippen molar-refractivity contribution >= 4 is 0 Å². The van der Waals surface area contributed by atoms with Crippen molar-refractivity contribution in [2.24, 2.45) is 5.41 Å². The Bertz CT molecular complexity index is 480. The van der Waals surface area contributed by atoms with E-state index in [9.17, 15) is 0 Å². The zero-order valence-electron chi connectivity index (χ0n) is 16.1. The molecule has 0 aromatic heterocycles. The first-order chi connectivity index (χ1) is 10.7. The van der Waals surface area contributed by atoms with Crippen LogP contribution in [-0.4, -0.2) is 48.1 Å². The van der Waals surface area contributed by atoms with Gasteiger partial charge >= 0.3 is 0 Å². The molecule has 1 saturated heterocycles. The van der Waals surface area contributed by atoms with E-state index >= 15 is 0 Å². The monoisotopic (exact) mass is 316 g/mol. The fraction of sp³-hybridized carbons (Fsp3) is 0.714. The minimum absolute atomic E-state index is 0.247. The van der Waals surface area contributed by atoms with E-state index in [0.29, 0.717) is 11.5 Å². The van der Waals surface area contributed by atoms with Gasteiger partial charge in [-0.2, -0.15) is 0 Å². The number of rotatable bonds is 7. The number of hydrogen-bond donors (Lipinski definition) is 0. The molecule has 0 amide bonds. The van der Waals surface area contributed by atoms with Crippen LogP contribution in [0.4, 0.5) is 0 Å². The summed E-state index contributed by atoms with van der Waals surface area (Å²) in [5.74, 6) is 0. The molecule has 1 atom stereocenters. The van der Waals surface area contributed by atoms with Crippen molar-refractivity contribution in [1.29, 1.82) is 0 Å². The molecule has 2 nitrogen and oxygen atoms in total. The highest BCUT2D eigenvalue weighted by atomic mass is 15.2. The van der Waals surface area contributed by atoms with E-state index in [1.807, 2.05) is 0 Å². The van der Waals surface area contributed by atoms with Gasteiger partial charge < -0.3 is 9.80 Å². The molecule has 1 unspecified atom stereocenters. The number of likely N-dealkylation sites (N-methyl/N-ethyl adjacent to an activating group) is 1. The average molecular weight is 317 g/mol. The second kappa shape index (κ2) is 7.36. The summed E-state index contributed by atoms with van der Waals surface area (Å²) in [5.41, 5.74) is 2.14. The van der Waals surface area contributed by atoms with E-state index in [-0.39, 0.29) is 5.54 Å². The first-order valence-electron chi connectivity index (χ1n) is 9.21. The minimum Gasteiger partial charge on any atom is -0.301 e. The van der Waals surface area contributed by atoms with Crippen LogP contribution in [0.2, 0.25) is 0 Å². The Labute approximate surface area is 143 Å². The number of hydrogen-bond acceptors (Lipinski definition) is 2. The van der Waals surface area contributed by atoms with Crippen LogP contribution in [0.3, 0.4) is 0 Å². The Balaban J connectivity index is 1.90. The van der Waals surface area contributed by atoms with Gasteiger partial charge in [-0.3, -0.25) is 0 Å². The Morgan fingerprint density at radius 3 is 2.43 bits per heavy atom. The van der Waals surface area contributed by atoms with E-state index in [2.05, 4.69) is 81.8 Å². The molecule has 1 aromatic rings. The SMILES string of the molecule is CC(C)N1CCC(C)(CC(C)(C)N(C)CCc2ccccc2)C1. The van der Waals surface area contributed by atoms with E-state index in [4.69, 9.17) is 0 Å². The normalized spacial score (nSPS) is 23.1. The highest BCUT2D eigenvalue weighted by Crippen LogP contribution is 2.39. The van der Waals surface area contributed by atoms with Crippen molar-refractivity contribution < 1.29 is 0 Å². The van der Waals surface area contributed by atoms with Gasteiger partial charge in [0.1, 0.15) is 0 Å². The third-order valence-corrected chi connectivity index (χ3v) is 5.79. The third-order valence-electron chi connectivity index (χ3n) is 5.79. The molecular formula is C21H36N2. The molecular weight excluding hydrogens is 280 g/mol. The van der Waals surface area contributed by atoms with Crippen molar-refractivity contribution in [2.45, 2.75) is 65.5 Å². The Kier molecular flexibility index (Phi) is 5.91. The molecule has 0 bridgehead atoms. The van der Waals surface area contributed by atoms with Gasteiger partial charge in [-0.1, -0.05) is 37.3 Å². The van der Waals surface area contributed by atoms with Gasteiger partial charge in [0.15, 0.2) is 0 Å². The van der Waals surface area contributed by atoms with E-state index in [1.165, 1.54) is 31.5 Å². The van der Waals surface area contributed by atoms with Crippen LogP contribution in [-0.2, 0) is 6.42 Å². The summed E-state index contributed by atoms with van der Waals surface area (Å²) in [7, 11) is 2.29. The number of likely N-dealkylation sites (tertiary alicyclic amines) is 1. The average Bonchev–Trinajstić information content (AvgIpc) is 2.87. The maximum absolute atomic E-state index is 2.64. The molecule has 0 N–H and O–H groups in total. The van der Waals surface area contributed by atoms with Crippen LogP contribution in [0, 0.1) is 5.41 Å². The van der Waals surface area contributed by atoms with Crippen LogP contribution in [0.5, 0.6) is 0 Å². The second-order valence-electron chi connectivity index (χ2n) is 8.77. The van der Waals surface area contributed by atoms with Gasteiger partial charge in [-0.25, -0.2) is 0 Å². The van der Waals surface area contributed by atoms with Gasteiger partial charge in [-0.05, 0) is 71.5 Å². The molecule has 1 heterocycles. The maximum Gasteiger partial charge on any atom is 0.0156 e. The largest absolute Gasteiger partial charge is 0.301 e. The molecule has 1 aromatic carbocycles. The maximum atomic E-state index is 2.64. The molecule has 2 heteroatoms. The molecule has 130 valence electrons. The summed E-state index contributed by atoms with van der Waals surface area (Å²) < 4.78 is 0. The third kappa shape index (κ3) is 5.06. The van der Waals surface area contributed by atoms with Gasteiger partial charge in [0.05, 0.1) is 0 Å². The summed E-state index contributed by atoms with van der Waals surface area (Å²) in [6, 6.07) is 11.5. The predicted molar refractivity (Wildman–Crippen MR) is 101 cm³/mol. The van der Waals surface area contributed by atoms with Crippen LogP contribution in [0.15, 0.2) is 30.3 Å². The molecule has 0 radical (unpaired) electrons. The second-order valence-corrected chi connectivity index (χ2v) is 8.77. The number of nitrogens with zero attached hydrogens (tertiary/aromatic N) is 2. The summed E-state index contributed by atoms with van der Waals surface area (Å²) in [4.78, 5) is 5.20. The summed E-state index contributed by atoms with van der Waals surface area (Å²) in [6.45, 7) is 15.6. The summed E-state index contributed by atoms with van der Waals surface area (Å²) >= 11 is 0. The summed E-state index contributed by atoms with van der Waals surface area (Å²) in [5, 5.41) is 0.